The first kappa shape index (κ1) is 22.8. The minimum absolute atomic E-state index is 0.189. The van der Waals surface area contributed by atoms with Gasteiger partial charge in [-0.25, -0.2) is 9.37 Å². The van der Waals surface area contributed by atoms with E-state index in [0.29, 0.717) is 31.2 Å². The maximum absolute atomic E-state index is 13.0. The molecule has 0 radical (unpaired) electrons. The molecule has 0 aliphatic carbocycles. The summed E-state index contributed by atoms with van der Waals surface area (Å²) in [6, 6.07) is 5.55. The number of rotatable bonds is 8. The number of β-amino-alcohol motifs (C(OH)–C–C–N with tert-alkyl or cyclic N) is 1. The Labute approximate surface area is 186 Å². The zero-order valence-electron chi connectivity index (χ0n) is 18.1. The Morgan fingerprint density at radius 3 is 2.34 bits per heavy atom. The third-order valence-electron chi connectivity index (χ3n) is 5.75. The highest BCUT2D eigenvalue weighted by Gasteiger charge is 2.23. The number of carbonyl (C=O) groups is 1. The first-order chi connectivity index (χ1) is 15.5. The number of piperazine rings is 1. The molecule has 9 nitrogen and oxygen atoms in total. The van der Waals surface area contributed by atoms with Gasteiger partial charge in [0.2, 0.25) is 5.89 Å². The highest BCUT2D eigenvalue weighted by atomic mass is 19.1. The van der Waals surface area contributed by atoms with E-state index in [1.54, 1.807) is 0 Å². The third kappa shape index (κ3) is 6.57. The fourth-order valence-corrected chi connectivity index (χ4v) is 3.97. The first-order valence-electron chi connectivity index (χ1n) is 11.0. The molecule has 10 heteroatoms. The van der Waals surface area contributed by atoms with Crippen molar-refractivity contribution in [1.29, 1.82) is 0 Å². The van der Waals surface area contributed by atoms with E-state index in [1.807, 2.05) is 0 Å². The Balaban J connectivity index is 1.18. The number of aromatic nitrogens is 1. The van der Waals surface area contributed by atoms with E-state index in [2.05, 4.69) is 25.0 Å². The molecule has 2 saturated heterocycles. The van der Waals surface area contributed by atoms with Crippen LogP contribution in [0, 0.1) is 5.82 Å². The van der Waals surface area contributed by atoms with Gasteiger partial charge in [0.05, 0.1) is 25.9 Å². The Bertz CT molecular complexity index is 863. The van der Waals surface area contributed by atoms with Crippen LogP contribution in [0.4, 0.5) is 10.1 Å². The standard InChI is InChI=1S/C22H30FN5O4/c23-17-1-3-18(4-2-17)24-22(30)20-16-32-21(25-20)15-27-7-5-26(6-8-27)13-19(29)14-28-9-11-31-12-10-28/h1-4,16,19,29H,5-15H2,(H,24,30)/t19-/m0/s1. The van der Waals surface area contributed by atoms with E-state index in [4.69, 9.17) is 9.15 Å². The molecule has 2 fully saturated rings. The van der Waals surface area contributed by atoms with Crippen LogP contribution < -0.4 is 5.32 Å². The molecular weight excluding hydrogens is 417 g/mol. The van der Waals surface area contributed by atoms with Crippen LogP contribution in [0.1, 0.15) is 16.4 Å². The van der Waals surface area contributed by atoms with Gasteiger partial charge in [-0.1, -0.05) is 0 Å². The fraction of sp³-hybridized carbons (Fsp3) is 0.545. The second kappa shape index (κ2) is 11.0. The van der Waals surface area contributed by atoms with Gasteiger partial charge in [-0.05, 0) is 24.3 Å². The van der Waals surface area contributed by atoms with Crippen molar-refractivity contribution in [2.75, 3.05) is 70.9 Å². The topological polar surface area (TPSA) is 94.3 Å². The number of amides is 1. The van der Waals surface area contributed by atoms with Crippen molar-refractivity contribution in [2.45, 2.75) is 12.6 Å². The lowest BCUT2D eigenvalue weighted by Crippen LogP contribution is -2.50. The van der Waals surface area contributed by atoms with Gasteiger partial charge in [0.15, 0.2) is 5.69 Å². The van der Waals surface area contributed by atoms with Crippen LogP contribution in [0.15, 0.2) is 34.9 Å². The molecule has 0 unspecified atom stereocenters. The summed E-state index contributed by atoms with van der Waals surface area (Å²) in [6.45, 7) is 8.50. The van der Waals surface area contributed by atoms with Crippen molar-refractivity contribution < 1.29 is 23.4 Å². The van der Waals surface area contributed by atoms with Crippen molar-refractivity contribution >= 4 is 11.6 Å². The molecule has 0 spiro atoms. The number of oxazole rings is 1. The van der Waals surface area contributed by atoms with Crippen molar-refractivity contribution in [3.63, 3.8) is 0 Å². The molecule has 174 valence electrons. The van der Waals surface area contributed by atoms with Crippen molar-refractivity contribution in [3.8, 4) is 0 Å². The number of hydrogen-bond donors (Lipinski definition) is 2. The number of carbonyl (C=O) groups excluding carboxylic acids is 1. The summed E-state index contributed by atoms with van der Waals surface area (Å²) in [6.07, 6.45) is 0.973. The number of ether oxygens (including phenoxy) is 1. The Morgan fingerprint density at radius 1 is 1.03 bits per heavy atom. The predicted octanol–water partition coefficient (Wildman–Crippen LogP) is 0.877. The predicted molar refractivity (Wildman–Crippen MR) is 116 cm³/mol. The van der Waals surface area contributed by atoms with E-state index in [-0.39, 0.29) is 17.6 Å². The summed E-state index contributed by atoms with van der Waals surface area (Å²) in [5.74, 6) is -0.279. The molecular formula is C22H30FN5O4. The van der Waals surface area contributed by atoms with E-state index >= 15 is 0 Å². The lowest BCUT2D eigenvalue weighted by molar-refractivity contribution is 0.00187. The first-order valence-corrected chi connectivity index (χ1v) is 11.0. The molecule has 1 amide bonds. The molecule has 2 aromatic rings. The summed E-state index contributed by atoms with van der Waals surface area (Å²) in [4.78, 5) is 23.3. The van der Waals surface area contributed by atoms with E-state index in [0.717, 1.165) is 52.5 Å². The van der Waals surface area contributed by atoms with Crippen LogP contribution in [0.3, 0.4) is 0 Å². The van der Waals surface area contributed by atoms with Gasteiger partial charge in [-0.3, -0.25) is 19.5 Å². The Hall–Kier alpha value is -2.37. The number of aliphatic hydroxyl groups is 1. The number of nitrogens with zero attached hydrogens (tertiary/aromatic N) is 4. The largest absolute Gasteiger partial charge is 0.447 e. The number of nitrogens with one attached hydrogen (secondary N) is 1. The molecule has 1 atom stereocenters. The summed E-state index contributed by atoms with van der Waals surface area (Å²) in [5, 5.41) is 13.1. The number of anilines is 1. The second-order valence-electron chi connectivity index (χ2n) is 8.23. The maximum Gasteiger partial charge on any atom is 0.277 e. The molecule has 1 aromatic carbocycles. The van der Waals surface area contributed by atoms with Crippen LogP contribution in [0.2, 0.25) is 0 Å². The third-order valence-corrected chi connectivity index (χ3v) is 5.75. The SMILES string of the molecule is O=C(Nc1ccc(F)cc1)c1coc(CN2CCN(C[C@H](O)CN3CCOCC3)CC2)n1. The molecule has 32 heavy (non-hydrogen) atoms. The van der Waals surface area contributed by atoms with E-state index < -0.39 is 5.91 Å². The summed E-state index contributed by atoms with van der Waals surface area (Å²) in [7, 11) is 0. The number of aliphatic hydroxyl groups excluding tert-OH is 1. The minimum Gasteiger partial charge on any atom is -0.447 e. The number of morpholine rings is 1. The summed E-state index contributed by atoms with van der Waals surface area (Å²) in [5.41, 5.74) is 0.682. The van der Waals surface area contributed by atoms with Crippen LogP contribution in [-0.4, -0.2) is 102 Å². The van der Waals surface area contributed by atoms with Crippen molar-refractivity contribution in [3.05, 3.63) is 47.9 Å². The number of hydrogen-bond acceptors (Lipinski definition) is 8. The molecule has 2 N–H and O–H groups in total. The number of benzene rings is 1. The molecule has 0 bridgehead atoms. The van der Waals surface area contributed by atoms with Crippen molar-refractivity contribution in [1.82, 2.24) is 19.7 Å². The average molecular weight is 448 g/mol. The zero-order chi connectivity index (χ0) is 22.3. The Morgan fingerprint density at radius 2 is 1.66 bits per heavy atom. The maximum atomic E-state index is 13.0. The van der Waals surface area contributed by atoms with Gasteiger partial charge in [0.25, 0.3) is 5.91 Å². The molecule has 2 aliphatic heterocycles. The lowest BCUT2D eigenvalue weighted by Gasteiger charge is -2.36. The lowest BCUT2D eigenvalue weighted by atomic mass is 10.2. The van der Waals surface area contributed by atoms with Crippen LogP contribution in [0.25, 0.3) is 0 Å². The smallest absolute Gasteiger partial charge is 0.277 e. The van der Waals surface area contributed by atoms with E-state index in [9.17, 15) is 14.3 Å². The minimum atomic E-state index is -0.398. The molecule has 2 aliphatic rings. The van der Waals surface area contributed by atoms with Gasteiger partial charge in [-0.2, -0.15) is 0 Å². The van der Waals surface area contributed by atoms with E-state index in [1.165, 1.54) is 30.5 Å². The molecule has 0 saturated carbocycles. The normalized spacial score (nSPS) is 19.7. The monoisotopic (exact) mass is 447 g/mol. The number of halogens is 1. The average Bonchev–Trinajstić information content (AvgIpc) is 3.26. The fourth-order valence-electron chi connectivity index (χ4n) is 3.97. The highest BCUT2D eigenvalue weighted by Crippen LogP contribution is 2.13. The second-order valence-corrected chi connectivity index (χ2v) is 8.23. The van der Waals surface area contributed by atoms with Crippen molar-refractivity contribution in [2.24, 2.45) is 0 Å². The van der Waals surface area contributed by atoms with Crippen LogP contribution in [-0.2, 0) is 11.3 Å². The van der Waals surface area contributed by atoms with Gasteiger partial charge in [-0.15, -0.1) is 0 Å². The van der Waals surface area contributed by atoms with Crippen LogP contribution >= 0.6 is 0 Å². The molecule has 1 aromatic heterocycles. The van der Waals surface area contributed by atoms with Gasteiger partial charge in [0, 0.05) is 58.0 Å². The van der Waals surface area contributed by atoms with Crippen LogP contribution in [0.5, 0.6) is 0 Å². The molecule has 3 heterocycles. The zero-order valence-corrected chi connectivity index (χ0v) is 18.1. The quantitative estimate of drug-likeness (QED) is 0.616. The Kier molecular flexibility index (Phi) is 7.82. The molecule has 4 rings (SSSR count). The van der Waals surface area contributed by atoms with Gasteiger partial charge < -0.3 is 19.6 Å². The van der Waals surface area contributed by atoms with Gasteiger partial charge >= 0.3 is 0 Å². The highest BCUT2D eigenvalue weighted by molar-refractivity contribution is 6.02. The summed E-state index contributed by atoms with van der Waals surface area (Å²) >= 11 is 0. The summed E-state index contributed by atoms with van der Waals surface area (Å²) < 4.78 is 23.8. The van der Waals surface area contributed by atoms with Gasteiger partial charge in [0.1, 0.15) is 12.1 Å².